The zero-order chi connectivity index (χ0) is 43.5. The van der Waals surface area contributed by atoms with E-state index in [1.807, 2.05) is 43.3 Å². The van der Waals surface area contributed by atoms with Crippen LogP contribution in [0.25, 0.3) is 0 Å². The summed E-state index contributed by atoms with van der Waals surface area (Å²) in [5, 5.41) is 0. The Labute approximate surface area is 358 Å². The molecule has 0 aromatic heterocycles. The van der Waals surface area contributed by atoms with E-state index >= 15 is 0 Å². The number of esters is 4. The molecule has 4 rings (SSSR count). The first-order valence-corrected chi connectivity index (χ1v) is 22.3. The van der Waals surface area contributed by atoms with Crippen LogP contribution in [-0.4, -0.2) is 80.7 Å². The van der Waals surface area contributed by atoms with Crippen LogP contribution in [0.3, 0.4) is 0 Å². The molecule has 12 nitrogen and oxygen atoms in total. The maximum Gasteiger partial charge on any atom is 0.338 e. The molecule has 60 heavy (non-hydrogen) atoms. The zero-order valence-corrected chi connectivity index (χ0v) is 37.0. The number of carbonyl (C=O) groups excluding carboxylic acids is 4. The quantitative estimate of drug-likeness (QED) is 0.0480. The lowest BCUT2D eigenvalue weighted by molar-refractivity contribution is -0.174. The normalized spacial score (nSPS) is 21.4. The van der Waals surface area contributed by atoms with Gasteiger partial charge in [-0.15, -0.1) is 0 Å². The van der Waals surface area contributed by atoms with E-state index in [1.165, 1.54) is 38.5 Å². The smallest absolute Gasteiger partial charge is 0.338 e. The summed E-state index contributed by atoms with van der Waals surface area (Å²) in [6, 6.07) is 18.3. The van der Waals surface area contributed by atoms with E-state index in [0.29, 0.717) is 50.6 Å². The Kier molecular flexibility index (Phi) is 24.1. The fourth-order valence-corrected chi connectivity index (χ4v) is 6.77. The monoisotopic (exact) mass is 841 g/mol. The highest BCUT2D eigenvalue weighted by Gasteiger charge is 2.39. The average Bonchev–Trinajstić information content (AvgIpc) is 3.85. The highest BCUT2D eigenvalue weighted by atomic mass is 16.8. The molecule has 2 aromatic carbocycles. The molecule has 5 unspecified atom stereocenters. The highest BCUT2D eigenvalue weighted by molar-refractivity contribution is 5.89. The van der Waals surface area contributed by atoms with Gasteiger partial charge in [0.1, 0.15) is 32.0 Å². The van der Waals surface area contributed by atoms with Crippen molar-refractivity contribution in [2.45, 2.75) is 168 Å². The Balaban J connectivity index is 0.000000322. The van der Waals surface area contributed by atoms with Crippen molar-refractivity contribution in [1.82, 2.24) is 0 Å². The SMILES string of the molecule is CC1(CCC(=O)OCc2ccccc2)OCC(COC(=O)c2ccccc2)O1.CCCCCCCCCC(=O)OCC1COC(C)(CCC(=O)OCC(CC)CCCC)O1. The number of hydrogen-bond donors (Lipinski definition) is 0. The van der Waals surface area contributed by atoms with Gasteiger partial charge in [0.15, 0.2) is 11.6 Å². The minimum Gasteiger partial charge on any atom is -0.465 e. The minimum absolute atomic E-state index is 0.0990. The van der Waals surface area contributed by atoms with Gasteiger partial charge in [0.05, 0.1) is 38.2 Å². The van der Waals surface area contributed by atoms with Crippen molar-refractivity contribution in [1.29, 1.82) is 0 Å². The third-order valence-electron chi connectivity index (χ3n) is 10.6. The van der Waals surface area contributed by atoms with Gasteiger partial charge >= 0.3 is 23.9 Å². The van der Waals surface area contributed by atoms with Gasteiger partial charge in [0.25, 0.3) is 0 Å². The summed E-state index contributed by atoms with van der Waals surface area (Å²) < 4.78 is 44.6. The van der Waals surface area contributed by atoms with Crippen LogP contribution < -0.4 is 0 Å². The van der Waals surface area contributed by atoms with Crippen LogP contribution in [-0.2, 0) is 58.9 Å². The van der Waals surface area contributed by atoms with Crippen molar-refractivity contribution in [2.24, 2.45) is 5.92 Å². The van der Waals surface area contributed by atoms with E-state index in [4.69, 9.17) is 37.9 Å². The molecule has 0 amide bonds. The first-order valence-electron chi connectivity index (χ1n) is 22.3. The van der Waals surface area contributed by atoms with Gasteiger partial charge in [-0.3, -0.25) is 14.4 Å². The first-order chi connectivity index (χ1) is 29.0. The summed E-state index contributed by atoms with van der Waals surface area (Å²) in [6.07, 6.45) is 13.7. The Morgan fingerprint density at radius 1 is 0.617 bits per heavy atom. The summed E-state index contributed by atoms with van der Waals surface area (Å²) in [5.41, 5.74) is 1.43. The third kappa shape index (κ3) is 21.1. The number of unbranched alkanes of at least 4 members (excludes halogenated alkanes) is 7. The van der Waals surface area contributed by atoms with Crippen molar-refractivity contribution in [2.75, 3.05) is 33.0 Å². The van der Waals surface area contributed by atoms with E-state index in [0.717, 1.165) is 37.7 Å². The maximum atomic E-state index is 12.1. The lowest BCUT2D eigenvalue weighted by Crippen LogP contribution is -2.29. The number of carbonyl (C=O) groups is 4. The largest absolute Gasteiger partial charge is 0.465 e. The van der Waals surface area contributed by atoms with Gasteiger partial charge < -0.3 is 37.9 Å². The molecule has 0 bridgehead atoms. The van der Waals surface area contributed by atoms with Crippen LogP contribution in [0, 0.1) is 5.92 Å². The molecule has 0 radical (unpaired) electrons. The highest BCUT2D eigenvalue weighted by Crippen LogP contribution is 2.30. The van der Waals surface area contributed by atoms with E-state index < -0.39 is 17.5 Å². The minimum atomic E-state index is -0.893. The van der Waals surface area contributed by atoms with Gasteiger partial charge in [0.2, 0.25) is 0 Å². The van der Waals surface area contributed by atoms with Gasteiger partial charge in [-0.05, 0) is 50.3 Å². The van der Waals surface area contributed by atoms with Crippen molar-refractivity contribution in [3.8, 4) is 0 Å². The van der Waals surface area contributed by atoms with E-state index in [9.17, 15) is 19.2 Å². The van der Waals surface area contributed by atoms with Gasteiger partial charge in [-0.2, -0.15) is 0 Å². The number of benzene rings is 2. The van der Waals surface area contributed by atoms with Crippen LogP contribution in [0.1, 0.15) is 153 Å². The molecule has 2 aliphatic rings. The molecular formula is C48H72O12. The van der Waals surface area contributed by atoms with E-state index in [-0.39, 0.29) is 62.8 Å². The fourth-order valence-electron chi connectivity index (χ4n) is 6.77. The fraction of sp³-hybridized carbons (Fsp3) is 0.667. The molecule has 2 saturated heterocycles. The standard InChI is InChI=1S/C26H48O6.C22H24O6/c1-5-8-10-11-12-13-14-16-24(27)30-20-23-21-31-26(4,32-23)18-17-25(28)29-19-22(7-3)15-9-6-2;1-22(13-12-20(23)25-14-17-8-4-2-5-9-17)27-16-19(28-22)15-26-21(24)18-10-6-3-7-11-18/h22-23H,5-21H2,1-4H3;2-11,19H,12-16H2,1H3. The topological polar surface area (TPSA) is 142 Å². The second-order valence-corrected chi connectivity index (χ2v) is 16.1. The molecule has 336 valence electrons. The molecule has 2 heterocycles. The van der Waals surface area contributed by atoms with Crippen molar-refractivity contribution < 1.29 is 57.1 Å². The predicted octanol–water partition coefficient (Wildman–Crippen LogP) is 9.84. The Bertz CT molecular complexity index is 1500. The van der Waals surface area contributed by atoms with Crippen molar-refractivity contribution >= 4 is 23.9 Å². The number of rotatable bonds is 27. The molecule has 5 atom stereocenters. The molecule has 0 N–H and O–H groups in total. The lowest BCUT2D eigenvalue weighted by atomic mass is 10.0. The van der Waals surface area contributed by atoms with E-state index in [1.54, 1.807) is 31.2 Å². The summed E-state index contributed by atoms with van der Waals surface area (Å²) in [7, 11) is 0. The molecule has 2 aliphatic heterocycles. The third-order valence-corrected chi connectivity index (χ3v) is 10.6. The molecule has 2 fully saturated rings. The molecule has 0 spiro atoms. The van der Waals surface area contributed by atoms with Gasteiger partial charge in [0, 0.05) is 19.3 Å². The molecule has 0 saturated carbocycles. The van der Waals surface area contributed by atoms with Crippen LogP contribution in [0.2, 0.25) is 0 Å². The Hall–Kier alpha value is -3.84. The molecule has 0 aliphatic carbocycles. The van der Waals surface area contributed by atoms with E-state index in [2.05, 4.69) is 20.8 Å². The van der Waals surface area contributed by atoms with Gasteiger partial charge in [-0.25, -0.2) is 4.79 Å². The predicted molar refractivity (Wildman–Crippen MR) is 228 cm³/mol. The number of hydrogen-bond acceptors (Lipinski definition) is 12. The van der Waals surface area contributed by atoms with Crippen molar-refractivity contribution in [3.63, 3.8) is 0 Å². The summed E-state index contributed by atoms with van der Waals surface area (Å²) >= 11 is 0. The molecule has 12 heteroatoms. The van der Waals surface area contributed by atoms with Crippen molar-refractivity contribution in [3.05, 3.63) is 71.8 Å². The van der Waals surface area contributed by atoms with Gasteiger partial charge in [-0.1, -0.05) is 127 Å². The first kappa shape index (κ1) is 50.5. The summed E-state index contributed by atoms with van der Waals surface area (Å²) in [6.45, 7) is 11.8. The number of ether oxygens (including phenoxy) is 8. The average molecular weight is 841 g/mol. The van der Waals surface area contributed by atoms with Crippen LogP contribution >= 0.6 is 0 Å². The second-order valence-electron chi connectivity index (χ2n) is 16.1. The zero-order valence-electron chi connectivity index (χ0n) is 37.0. The van der Waals surface area contributed by atoms with Crippen LogP contribution in [0.5, 0.6) is 0 Å². The second kappa shape index (κ2) is 28.6. The summed E-state index contributed by atoms with van der Waals surface area (Å²) in [5.74, 6) is -2.38. The van der Waals surface area contributed by atoms with Crippen LogP contribution in [0.15, 0.2) is 60.7 Å². The summed E-state index contributed by atoms with van der Waals surface area (Å²) in [4.78, 5) is 48.0. The Morgan fingerprint density at radius 3 is 1.72 bits per heavy atom. The van der Waals surface area contributed by atoms with Crippen LogP contribution in [0.4, 0.5) is 0 Å². The Morgan fingerprint density at radius 2 is 1.13 bits per heavy atom. The maximum absolute atomic E-state index is 12.1. The lowest BCUT2D eigenvalue weighted by Gasteiger charge is -2.23. The molecular weight excluding hydrogens is 769 g/mol. The molecule has 2 aromatic rings.